The van der Waals surface area contributed by atoms with Gasteiger partial charge >= 0.3 is 0 Å². The van der Waals surface area contributed by atoms with Gasteiger partial charge in [0.1, 0.15) is 5.82 Å². The molecule has 0 bridgehead atoms. The zero-order valence-electron chi connectivity index (χ0n) is 12.5. The maximum Gasteiger partial charge on any atom is 0.262 e. The molecule has 0 saturated heterocycles. The topological polar surface area (TPSA) is 49.3 Å². The van der Waals surface area contributed by atoms with Crippen LogP contribution in [0.2, 0.25) is 0 Å². The van der Waals surface area contributed by atoms with E-state index in [0.29, 0.717) is 28.7 Å². The largest absolute Gasteiger partial charge is 0.394 e. The van der Waals surface area contributed by atoms with Crippen LogP contribution in [0, 0.1) is 12.7 Å². The molecule has 0 aliphatic carbocycles. The number of halogens is 1. The van der Waals surface area contributed by atoms with Gasteiger partial charge in [0.25, 0.3) is 5.91 Å². The fourth-order valence-corrected chi connectivity index (χ4v) is 3.58. The number of aryl methyl sites for hydroxylation is 1. The molecule has 0 saturated carbocycles. The van der Waals surface area contributed by atoms with Crippen LogP contribution in [0.25, 0.3) is 10.1 Å². The van der Waals surface area contributed by atoms with Gasteiger partial charge < -0.3 is 10.4 Å². The van der Waals surface area contributed by atoms with Crippen molar-refractivity contribution in [3.8, 4) is 0 Å². The molecular weight excluding hydrogens is 289 g/mol. The number of nitrogens with one attached hydrogen (secondary N) is 1. The van der Waals surface area contributed by atoms with Crippen LogP contribution in [0.4, 0.5) is 4.39 Å². The fourth-order valence-electron chi connectivity index (χ4n) is 2.46. The summed E-state index contributed by atoms with van der Waals surface area (Å²) < 4.78 is 14.7. The maximum absolute atomic E-state index is 13.9. The molecule has 1 amide bonds. The summed E-state index contributed by atoms with van der Waals surface area (Å²) in [4.78, 5) is 13.0. The third-order valence-corrected chi connectivity index (χ3v) is 5.40. The second kappa shape index (κ2) is 6.12. The lowest BCUT2D eigenvalue weighted by Gasteiger charge is -2.30. The number of hydrogen-bond donors (Lipinski definition) is 2. The Kier molecular flexibility index (Phi) is 4.64. The second-order valence-electron chi connectivity index (χ2n) is 5.27. The van der Waals surface area contributed by atoms with E-state index in [2.05, 4.69) is 5.32 Å². The summed E-state index contributed by atoms with van der Waals surface area (Å²) in [6.45, 7) is 5.51. The molecule has 0 atom stereocenters. The molecule has 21 heavy (non-hydrogen) atoms. The molecule has 1 aromatic carbocycles. The van der Waals surface area contributed by atoms with Crippen molar-refractivity contribution in [3.05, 3.63) is 34.5 Å². The highest BCUT2D eigenvalue weighted by Gasteiger charge is 2.29. The molecule has 2 rings (SSSR count). The molecule has 0 spiro atoms. The Bertz CT molecular complexity index is 653. The van der Waals surface area contributed by atoms with E-state index < -0.39 is 5.54 Å². The molecule has 0 fully saturated rings. The molecule has 2 aromatic rings. The number of amides is 1. The van der Waals surface area contributed by atoms with E-state index >= 15 is 0 Å². The number of aliphatic hydroxyl groups excluding tert-OH is 1. The standard InChI is InChI=1S/C16H20FNO2S/c1-4-16(5-2,9-19)18-15(20)14-10(3)13-11(17)7-6-8-12(13)21-14/h6-8,19H,4-5,9H2,1-3H3,(H,18,20). The van der Waals surface area contributed by atoms with Crippen LogP contribution in [0.1, 0.15) is 41.9 Å². The van der Waals surface area contributed by atoms with Gasteiger partial charge in [-0.15, -0.1) is 11.3 Å². The van der Waals surface area contributed by atoms with Crippen LogP contribution in [0.15, 0.2) is 18.2 Å². The smallest absolute Gasteiger partial charge is 0.262 e. The first-order chi connectivity index (χ1) is 9.98. The van der Waals surface area contributed by atoms with Crippen molar-refractivity contribution in [1.82, 2.24) is 5.32 Å². The predicted molar refractivity (Wildman–Crippen MR) is 84.4 cm³/mol. The third-order valence-electron chi connectivity index (χ3n) is 4.14. The summed E-state index contributed by atoms with van der Waals surface area (Å²) in [5.74, 6) is -0.550. The summed E-state index contributed by atoms with van der Waals surface area (Å²) in [6.07, 6.45) is 1.29. The van der Waals surface area contributed by atoms with Gasteiger partial charge in [0, 0.05) is 10.1 Å². The van der Waals surface area contributed by atoms with Gasteiger partial charge in [0.2, 0.25) is 0 Å². The number of carbonyl (C=O) groups excluding carboxylic acids is 1. The minimum atomic E-state index is -0.613. The molecule has 0 radical (unpaired) electrons. The predicted octanol–water partition coefficient (Wildman–Crippen LogP) is 3.63. The first kappa shape index (κ1) is 15.9. The Balaban J connectivity index is 2.41. The van der Waals surface area contributed by atoms with E-state index in [1.807, 2.05) is 19.9 Å². The molecule has 114 valence electrons. The minimum absolute atomic E-state index is 0.107. The molecule has 1 heterocycles. The Hall–Kier alpha value is -1.46. The van der Waals surface area contributed by atoms with Crippen molar-refractivity contribution in [2.75, 3.05) is 6.61 Å². The maximum atomic E-state index is 13.9. The second-order valence-corrected chi connectivity index (χ2v) is 6.32. The minimum Gasteiger partial charge on any atom is -0.394 e. The number of benzene rings is 1. The van der Waals surface area contributed by atoms with Crippen molar-refractivity contribution >= 4 is 27.3 Å². The van der Waals surface area contributed by atoms with Gasteiger partial charge in [0.05, 0.1) is 17.0 Å². The van der Waals surface area contributed by atoms with Gasteiger partial charge in [-0.1, -0.05) is 19.9 Å². The van der Waals surface area contributed by atoms with E-state index in [9.17, 15) is 14.3 Å². The van der Waals surface area contributed by atoms with Gasteiger partial charge in [-0.2, -0.15) is 0 Å². The van der Waals surface area contributed by atoms with Gasteiger partial charge in [-0.25, -0.2) is 4.39 Å². The van der Waals surface area contributed by atoms with Crippen molar-refractivity contribution < 1.29 is 14.3 Å². The van der Waals surface area contributed by atoms with E-state index in [1.54, 1.807) is 13.0 Å². The molecule has 0 aliphatic heterocycles. The third kappa shape index (κ3) is 2.80. The average molecular weight is 309 g/mol. The zero-order valence-corrected chi connectivity index (χ0v) is 13.3. The van der Waals surface area contributed by atoms with Crippen LogP contribution in [0.3, 0.4) is 0 Å². The Morgan fingerprint density at radius 3 is 2.57 bits per heavy atom. The molecule has 5 heteroatoms. The van der Waals surface area contributed by atoms with Crippen LogP contribution >= 0.6 is 11.3 Å². The Labute approximate surface area is 127 Å². The first-order valence-corrected chi connectivity index (χ1v) is 7.90. The lowest BCUT2D eigenvalue weighted by atomic mass is 9.93. The number of thiophene rings is 1. The average Bonchev–Trinajstić information content (AvgIpc) is 2.83. The molecule has 3 nitrogen and oxygen atoms in total. The van der Waals surface area contributed by atoms with Crippen molar-refractivity contribution in [1.29, 1.82) is 0 Å². The Morgan fingerprint density at radius 2 is 2.05 bits per heavy atom. The summed E-state index contributed by atoms with van der Waals surface area (Å²) in [5.41, 5.74) is 0.0442. The van der Waals surface area contributed by atoms with Crippen LogP contribution in [-0.4, -0.2) is 23.2 Å². The SMILES string of the molecule is CCC(CC)(CO)NC(=O)c1sc2cccc(F)c2c1C. The molecule has 1 aromatic heterocycles. The van der Waals surface area contributed by atoms with Crippen molar-refractivity contribution in [2.24, 2.45) is 0 Å². The molecule has 0 aliphatic rings. The van der Waals surface area contributed by atoms with Gasteiger partial charge in [-0.05, 0) is 37.5 Å². The van der Waals surface area contributed by atoms with E-state index in [1.165, 1.54) is 17.4 Å². The zero-order chi connectivity index (χ0) is 15.6. The van der Waals surface area contributed by atoms with Gasteiger partial charge in [0.15, 0.2) is 0 Å². The summed E-state index contributed by atoms with van der Waals surface area (Å²) in [7, 11) is 0. The van der Waals surface area contributed by atoms with Gasteiger partial charge in [-0.3, -0.25) is 4.79 Å². The number of rotatable bonds is 5. The molecule has 2 N–H and O–H groups in total. The van der Waals surface area contributed by atoms with Crippen molar-refractivity contribution in [2.45, 2.75) is 39.2 Å². The van der Waals surface area contributed by atoms with Crippen LogP contribution in [-0.2, 0) is 0 Å². The summed E-state index contributed by atoms with van der Waals surface area (Å²) >= 11 is 1.28. The normalized spacial score (nSPS) is 11.9. The Morgan fingerprint density at radius 1 is 1.38 bits per heavy atom. The number of carbonyl (C=O) groups is 1. The fraction of sp³-hybridized carbons (Fsp3) is 0.438. The number of aliphatic hydroxyl groups is 1. The van der Waals surface area contributed by atoms with Crippen molar-refractivity contribution in [3.63, 3.8) is 0 Å². The summed E-state index contributed by atoms with van der Waals surface area (Å²) in [6, 6.07) is 4.86. The highest BCUT2D eigenvalue weighted by molar-refractivity contribution is 7.21. The number of fused-ring (bicyclic) bond motifs is 1. The highest BCUT2D eigenvalue weighted by atomic mass is 32.1. The quantitative estimate of drug-likeness (QED) is 0.886. The van der Waals surface area contributed by atoms with Crippen LogP contribution in [0.5, 0.6) is 0 Å². The first-order valence-electron chi connectivity index (χ1n) is 7.09. The molecular formula is C16H20FNO2S. The van der Waals surface area contributed by atoms with E-state index in [4.69, 9.17) is 0 Å². The lowest BCUT2D eigenvalue weighted by Crippen LogP contribution is -2.50. The summed E-state index contributed by atoms with van der Waals surface area (Å²) in [5, 5.41) is 13.0. The monoisotopic (exact) mass is 309 g/mol. The van der Waals surface area contributed by atoms with Crippen LogP contribution < -0.4 is 5.32 Å². The van der Waals surface area contributed by atoms with E-state index in [0.717, 1.165) is 4.70 Å². The van der Waals surface area contributed by atoms with E-state index in [-0.39, 0.29) is 18.3 Å². The molecule has 0 unspecified atom stereocenters. The highest BCUT2D eigenvalue weighted by Crippen LogP contribution is 2.33. The lowest BCUT2D eigenvalue weighted by molar-refractivity contribution is 0.0821. The number of hydrogen-bond acceptors (Lipinski definition) is 3.